The van der Waals surface area contributed by atoms with Crippen LogP contribution in [-0.2, 0) is 15.3 Å². The van der Waals surface area contributed by atoms with Gasteiger partial charge in [0.15, 0.2) is 9.84 Å². The molecule has 3 rings (SSSR count). The number of aromatic nitrogens is 1. The van der Waals surface area contributed by atoms with Crippen LogP contribution in [0.5, 0.6) is 0 Å². The normalized spacial score (nSPS) is 17.4. The van der Waals surface area contributed by atoms with Crippen molar-refractivity contribution in [2.24, 2.45) is 0 Å². The summed E-state index contributed by atoms with van der Waals surface area (Å²) in [6.07, 6.45) is 3.64. The highest BCUT2D eigenvalue weighted by Gasteiger charge is 2.41. The molecule has 1 heterocycles. The average Bonchev–Trinajstić information content (AvgIpc) is 2.93. The molecule has 0 saturated heterocycles. The van der Waals surface area contributed by atoms with Gasteiger partial charge in [0, 0.05) is 22.6 Å². The van der Waals surface area contributed by atoms with Crippen LogP contribution in [0.3, 0.4) is 0 Å². The van der Waals surface area contributed by atoms with Gasteiger partial charge in [-0.25, -0.2) is 13.4 Å². The number of benzene rings is 1. The molecule has 19 heavy (non-hydrogen) atoms. The van der Waals surface area contributed by atoms with Crippen molar-refractivity contribution >= 4 is 21.2 Å². The molecule has 0 aliphatic heterocycles. The van der Waals surface area contributed by atoms with Crippen LogP contribution in [0.25, 0.3) is 10.6 Å². The molecule has 1 saturated carbocycles. The summed E-state index contributed by atoms with van der Waals surface area (Å²) in [4.78, 5) is 5.02. The van der Waals surface area contributed by atoms with E-state index in [1.54, 1.807) is 23.5 Å². The third-order valence-corrected chi connectivity index (χ3v) is 5.67. The lowest BCUT2D eigenvalue weighted by atomic mass is 10.1. The number of hydrogen-bond acceptors (Lipinski definition) is 4. The minimum Gasteiger partial charge on any atom is -0.241 e. The van der Waals surface area contributed by atoms with Gasteiger partial charge in [-0.05, 0) is 25.0 Å². The number of sulfone groups is 1. The third kappa shape index (κ3) is 2.44. The van der Waals surface area contributed by atoms with Crippen LogP contribution < -0.4 is 0 Å². The van der Waals surface area contributed by atoms with Gasteiger partial charge in [-0.1, -0.05) is 19.1 Å². The molecule has 5 heteroatoms. The van der Waals surface area contributed by atoms with E-state index in [2.05, 4.69) is 17.3 Å². The molecule has 0 bridgehead atoms. The van der Waals surface area contributed by atoms with Crippen molar-refractivity contribution in [2.75, 3.05) is 6.26 Å². The van der Waals surface area contributed by atoms with Crippen LogP contribution in [0.2, 0.25) is 0 Å². The van der Waals surface area contributed by atoms with Crippen LogP contribution in [-0.4, -0.2) is 19.7 Å². The molecule has 1 aromatic heterocycles. The van der Waals surface area contributed by atoms with Crippen LogP contribution in [0.4, 0.5) is 0 Å². The maximum absolute atomic E-state index is 11.4. The van der Waals surface area contributed by atoms with Gasteiger partial charge in [-0.2, -0.15) is 0 Å². The highest BCUT2D eigenvalue weighted by Crippen LogP contribution is 2.48. The highest BCUT2D eigenvalue weighted by molar-refractivity contribution is 7.90. The summed E-state index contributed by atoms with van der Waals surface area (Å²) in [7, 11) is -3.13. The first-order chi connectivity index (χ1) is 8.88. The highest BCUT2D eigenvalue weighted by atomic mass is 32.2. The van der Waals surface area contributed by atoms with E-state index in [1.165, 1.54) is 24.8 Å². The second-order valence-corrected chi connectivity index (χ2v) is 8.27. The Labute approximate surface area is 117 Å². The quantitative estimate of drug-likeness (QED) is 0.872. The van der Waals surface area contributed by atoms with E-state index in [0.29, 0.717) is 4.90 Å². The van der Waals surface area contributed by atoms with Gasteiger partial charge in [0.05, 0.1) is 10.6 Å². The first-order valence-electron chi connectivity index (χ1n) is 6.15. The molecule has 0 amide bonds. The molecular formula is C14H15NO2S2. The van der Waals surface area contributed by atoms with Crippen LogP contribution in [0.1, 0.15) is 25.5 Å². The molecule has 0 spiro atoms. The van der Waals surface area contributed by atoms with Crippen molar-refractivity contribution in [1.82, 2.24) is 4.98 Å². The molecule has 100 valence electrons. The summed E-state index contributed by atoms with van der Waals surface area (Å²) in [6.45, 7) is 2.23. The van der Waals surface area contributed by atoms with E-state index in [9.17, 15) is 8.42 Å². The van der Waals surface area contributed by atoms with Crippen molar-refractivity contribution in [3.05, 3.63) is 35.3 Å². The second kappa shape index (κ2) is 4.15. The molecule has 2 aromatic rings. The van der Waals surface area contributed by atoms with Gasteiger partial charge in [0.1, 0.15) is 5.01 Å². The van der Waals surface area contributed by atoms with E-state index in [0.717, 1.165) is 10.6 Å². The van der Waals surface area contributed by atoms with E-state index in [4.69, 9.17) is 0 Å². The molecule has 0 atom stereocenters. The Kier molecular flexibility index (Phi) is 2.80. The third-order valence-electron chi connectivity index (χ3n) is 3.65. The molecule has 0 N–H and O–H groups in total. The smallest absolute Gasteiger partial charge is 0.175 e. The maximum atomic E-state index is 11.4. The van der Waals surface area contributed by atoms with Crippen LogP contribution >= 0.6 is 11.3 Å². The summed E-state index contributed by atoms with van der Waals surface area (Å²) < 4.78 is 22.8. The zero-order valence-corrected chi connectivity index (χ0v) is 12.5. The van der Waals surface area contributed by atoms with Crippen LogP contribution in [0, 0.1) is 0 Å². The molecule has 1 aliphatic carbocycles. The first kappa shape index (κ1) is 12.8. The van der Waals surface area contributed by atoms with E-state index >= 15 is 0 Å². The van der Waals surface area contributed by atoms with E-state index in [1.807, 2.05) is 12.1 Å². The van der Waals surface area contributed by atoms with Gasteiger partial charge in [-0.15, -0.1) is 11.3 Å². The fraction of sp³-hybridized carbons (Fsp3) is 0.357. The summed E-state index contributed by atoms with van der Waals surface area (Å²) in [6, 6.07) is 6.94. The van der Waals surface area contributed by atoms with Crippen LogP contribution in [0.15, 0.2) is 34.5 Å². The average molecular weight is 293 g/mol. The molecule has 3 nitrogen and oxygen atoms in total. The molecule has 1 aliphatic rings. The SMILES string of the molecule is CC1(c2csc(-c3ccc(S(C)(=O)=O)cc3)n2)CC1. The van der Waals surface area contributed by atoms with Crippen molar-refractivity contribution in [3.63, 3.8) is 0 Å². The van der Waals surface area contributed by atoms with E-state index < -0.39 is 9.84 Å². The zero-order valence-electron chi connectivity index (χ0n) is 10.9. The maximum Gasteiger partial charge on any atom is 0.175 e. The lowest BCUT2D eigenvalue weighted by molar-refractivity contribution is 0.602. The molecular weight excluding hydrogens is 278 g/mol. The van der Waals surface area contributed by atoms with Gasteiger partial charge in [0.2, 0.25) is 0 Å². The predicted molar refractivity (Wildman–Crippen MR) is 77.2 cm³/mol. The molecule has 0 radical (unpaired) electrons. The Bertz CT molecular complexity index is 710. The Morgan fingerprint density at radius 1 is 1.21 bits per heavy atom. The monoisotopic (exact) mass is 293 g/mol. The summed E-state index contributed by atoms with van der Waals surface area (Å²) in [5.41, 5.74) is 2.43. The standard InChI is InChI=1S/C14H15NO2S2/c1-14(7-8-14)12-9-18-13(15-12)10-3-5-11(6-4-10)19(2,16)17/h3-6,9H,7-8H2,1-2H3. The minimum absolute atomic E-state index is 0.279. The number of nitrogens with zero attached hydrogens (tertiary/aromatic N) is 1. The largest absolute Gasteiger partial charge is 0.241 e. The van der Waals surface area contributed by atoms with Crippen molar-refractivity contribution < 1.29 is 8.42 Å². The van der Waals surface area contributed by atoms with Crippen molar-refractivity contribution in [2.45, 2.75) is 30.1 Å². The fourth-order valence-corrected chi connectivity index (χ4v) is 3.59. The fourth-order valence-electron chi connectivity index (χ4n) is 1.97. The summed E-state index contributed by atoms with van der Waals surface area (Å²) in [5.74, 6) is 0. The summed E-state index contributed by atoms with van der Waals surface area (Å²) in [5, 5.41) is 3.08. The van der Waals surface area contributed by atoms with Gasteiger partial charge < -0.3 is 0 Å². The molecule has 0 unspecified atom stereocenters. The first-order valence-corrected chi connectivity index (χ1v) is 8.92. The predicted octanol–water partition coefficient (Wildman–Crippen LogP) is 3.27. The lowest BCUT2D eigenvalue weighted by Crippen LogP contribution is -1.99. The summed E-state index contributed by atoms with van der Waals surface area (Å²) >= 11 is 1.62. The zero-order chi connectivity index (χ0) is 13.7. The molecule has 1 aromatic carbocycles. The van der Waals surface area contributed by atoms with Gasteiger partial charge in [-0.3, -0.25) is 0 Å². The lowest BCUT2D eigenvalue weighted by Gasteiger charge is -2.02. The second-order valence-electron chi connectivity index (χ2n) is 5.40. The van der Waals surface area contributed by atoms with Crippen molar-refractivity contribution in [3.8, 4) is 10.6 Å². The Hall–Kier alpha value is -1.20. The molecule has 1 fully saturated rings. The Morgan fingerprint density at radius 2 is 1.84 bits per heavy atom. The van der Waals surface area contributed by atoms with Crippen molar-refractivity contribution in [1.29, 1.82) is 0 Å². The minimum atomic E-state index is -3.13. The van der Waals surface area contributed by atoms with E-state index in [-0.39, 0.29) is 5.41 Å². The topological polar surface area (TPSA) is 47.0 Å². The number of hydrogen-bond donors (Lipinski definition) is 0. The van der Waals surface area contributed by atoms with Gasteiger partial charge in [0.25, 0.3) is 0 Å². The number of rotatable bonds is 3. The Morgan fingerprint density at radius 3 is 2.37 bits per heavy atom. The Balaban J connectivity index is 1.92. The number of thiazole rings is 1. The van der Waals surface area contributed by atoms with Gasteiger partial charge >= 0.3 is 0 Å².